The van der Waals surface area contributed by atoms with E-state index in [9.17, 15) is 4.39 Å². The zero-order valence-corrected chi connectivity index (χ0v) is 10.4. The van der Waals surface area contributed by atoms with Gasteiger partial charge in [0.25, 0.3) is 0 Å². The van der Waals surface area contributed by atoms with E-state index in [1.54, 1.807) is 12.1 Å². The molecule has 2 aromatic rings. The highest BCUT2D eigenvalue weighted by Crippen LogP contribution is 2.27. The molecule has 2 aromatic carbocycles. The quantitative estimate of drug-likeness (QED) is 0.869. The van der Waals surface area contributed by atoms with Crippen molar-refractivity contribution in [1.82, 2.24) is 0 Å². The maximum Gasteiger partial charge on any atom is 0.125 e. The van der Waals surface area contributed by atoms with Crippen molar-refractivity contribution in [3.05, 3.63) is 58.4 Å². The molecule has 0 unspecified atom stereocenters. The molecule has 4 heteroatoms. The third-order valence-corrected chi connectivity index (χ3v) is 2.88. The summed E-state index contributed by atoms with van der Waals surface area (Å²) in [5.41, 5.74) is 2.74. The van der Waals surface area contributed by atoms with Crippen LogP contribution in [0.25, 0.3) is 0 Å². The molecule has 0 spiro atoms. The zero-order chi connectivity index (χ0) is 13.1. The third-order valence-electron chi connectivity index (χ3n) is 2.55. The van der Waals surface area contributed by atoms with Gasteiger partial charge in [0, 0.05) is 5.69 Å². The van der Waals surface area contributed by atoms with Crippen LogP contribution in [-0.2, 0) is 0 Å². The van der Waals surface area contributed by atoms with E-state index in [2.05, 4.69) is 11.4 Å². The fourth-order valence-electron chi connectivity index (χ4n) is 1.62. The molecule has 90 valence electrons. The number of nitrogens with one attached hydrogen (secondary N) is 1. The lowest BCUT2D eigenvalue weighted by atomic mass is 10.1. The van der Waals surface area contributed by atoms with Gasteiger partial charge in [-0.25, -0.2) is 4.39 Å². The first-order valence-electron chi connectivity index (χ1n) is 5.33. The topological polar surface area (TPSA) is 35.8 Å². The third kappa shape index (κ3) is 2.61. The Kier molecular flexibility index (Phi) is 3.50. The molecule has 0 heterocycles. The maximum atomic E-state index is 13.1. The smallest absolute Gasteiger partial charge is 0.125 e. The number of halogens is 2. The van der Waals surface area contributed by atoms with Crippen LogP contribution in [0.1, 0.15) is 11.1 Å². The summed E-state index contributed by atoms with van der Waals surface area (Å²) >= 11 is 5.96. The SMILES string of the molecule is Cc1cc(Nc2cc(F)ccc2Cl)ccc1C#N. The van der Waals surface area contributed by atoms with Crippen LogP contribution in [-0.4, -0.2) is 0 Å². The van der Waals surface area contributed by atoms with Crippen LogP contribution < -0.4 is 5.32 Å². The largest absolute Gasteiger partial charge is 0.354 e. The van der Waals surface area contributed by atoms with Gasteiger partial charge < -0.3 is 5.32 Å². The lowest BCUT2D eigenvalue weighted by Crippen LogP contribution is -1.93. The molecular formula is C14H10ClFN2. The van der Waals surface area contributed by atoms with Gasteiger partial charge in [-0.1, -0.05) is 11.6 Å². The van der Waals surface area contributed by atoms with Gasteiger partial charge in [-0.15, -0.1) is 0 Å². The van der Waals surface area contributed by atoms with E-state index < -0.39 is 0 Å². The molecule has 0 aliphatic rings. The lowest BCUT2D eigenvalue weighted by molar-refractivity contribution is 0.628. The van der Waals surface area contributed by atoms with Crippen molar-refractivity contribution in [2.75, 3.05) is 5.32 Å². The lowest BCUT2D eigenvalue weighted by Gasteiger charge is -2.09. The molecule has 0 saturated carbocycles. The summed E-state index contributed by atoms with van der Waals surface area (Å²) in [6, 6.07) is 11.5. The molecule has 0 aliphatic carbocycles. The summed E-state index contributed by atoms with van der Waals surface area (Å²) in [4.78, 5) is 0. The second kappa shape index (κ2) is 5.07. The van der Waals surface area contributed by atoms with Gasteiger partial charge in [-0.05, 0) is 48.9 Å². The van der Waals surface area contributed by atoms with E-state index in [0.29, 0.717) is 16.3 Å². The van der Waals surface area contributed by atoms with Crippen molar-refractivity contribution in [2.24, 2.45) is 0 Å². The van der Waals surface area contributed by atoms with Gasteiger partial charge in [-0.2, -0.15) is 5.26 Å². The van der Waals surface area contributed by atoms with Crippen LogP contribution >= 0.6 is 11.6 Å². The molecule has 0 bridgehead atoms. The average molecular weight is 261 g/mol. The summed E-state index contributed by atoms with van der Waals surface area (Å²) in [5, 5.41) is 12.3. The second-order valence-electron chi connectivity index (χ2n) is 3.89. The summed E-state index contributed by atoms with van der Waals surface area (Å²) in [5.74, 6) is -0.354. The fraction of sp³-hybridized carbons (Fsp3) is 0.0714. The van der Waals surface area contributed by atoms with E-state index >= 15 is 0 Å². The predicted molar refractivity (Wildman–Crippen MR) is 70.6 cm³/mol. The number of hydrogen-bond acceptors (Lipinski definition) is 2. The highest BCUT2D eigenvalue weighted by atomic mass is 35.5. The Balaban J connectivity index is 2.32. The van der Waals surface area contributed by atoms with E-state index in [1.165, 1.54) is 18.2 Å². The van der Waals surface area contributed by atoms with Gasteiger partial charge in [0.05, 0.1) is 22.3 Å². The fourth-order valence-corrected chi connectivity index (χ4v) is 1.78. The first-order valence-corrected chi connectivity index (χ1v) is 5.71. The van der Waals surface area contributed by atoms with Crippen LogP contribution in [0.5, 0.6) is 0 Å². The van der Waals surface area contributed by atoms with E-state index in [0.717, 1.165) is 11.3 Å². The first kappa shape index (κ1) is 12.4. The van der Waals surface area contributed by atoms with Gasteiger partial charge in [0.2, 0.25) is 0 Å². The molecular weight excluding hydrogens is 251 g/mol. The van der Waals surface area contributed by atoms with Crippen molar-refractivity contribution in [3.63, 3.8) is 0 Å². The van der Waals surface area contributed by atoms with Crippen LogP contribution in [0.15, 0.2) is 36.4 Å². The maximum absolute atomic E-state index is 13.1. The van der Waals surface area contributed by atoms with Crippen LogP contribution in [0.4, 0.5) is 15.8 Å². The Labute approximate surface area is 110 Å². The number of aryl methyl sites for hydroxylation is 1. The molecule has 2 rings (SSSR count). The molecule has 0 aliphatic heterocycles. The standard InChI is InChI=1S/C14H10ClFN2/c1-9-6-12(4-2-10(9)8-17)18-14-7-11(16)3-5-13(14)15/h2-7,18H,1H3. The summed E-state index contributed by atoms with van der Waals surface area (Å²) in [7, 11) is 0. The Morgan fingerprint density at radius 3 is 2.67 bits per heavy atom. The summed E-state index contributed by atoms with van der Waals surface area (Å²) in [6.07, 6.45) is 0. The molecule has 2 nitrogen and oxygen atoms in total. The van der Waals surface area contributed by atoms with Crippen LogP contribution in [0.3, 0.4) is 0 Å². The summed E-state index contributed by atoms with van der Waals surface area (Å²) < 4.78 is 13.1. The molecule has 0 fully saturated rings. The molecule has 0 atom stereocenters. The predicted octanol–water partition coefficient (Wildman–Crippen LogP) is 4.40. The number of anilines is 2. The van der Waals surface area contributed by atoms with Crippen molar-refractivity contribution in [3.8, 4) is 6.07 Å². The van der Waals surface area contributed by atoms with Gasteiger partial charge >= 0.3 is 0 Å². The van der Waals surface area contributed by atoms with E-state index in [4.69, 9.17) is 16.9 Å². The van der Waals surface area contributed by atoms with Crippen molar-refractivity contribution in [1.29, 1.82) is 5.26 Å². The van der Waals surface area contributed by atoms with Gasteiger partial charge in [0.1, 0.15) is 5.82 Å². The van der Waals surface area contributed by atoms with E-state index in [1.807, 2.05) is 13.0 Å². The molecule has 0 saturated heterocycles. The minimum Gasteiger partial charge on any atom is -0.354 e. The molecule has 0 radical (unpaired) electrons. The molecule has 18 heavy (non-hydrogen) atoms. The summed E-state index contributed by atoms with van der Waals surface area (Å²) in [6.45, 7) is 1.84. The Morgan fingerprint density at radius 2 is 2.00 bits per heavy atom. The number of nitriles is 1. The number of rotatable bonds is 2. The first-order chi connectivity index (χ1) is 8.60. The number of hydrogen-bond donors (Lipinski definition) is 1. The van der Waals surface area contributed by atoms with E-state index in [-0.39, 0.29) is 5.82 Å². The van der Waals surface area contributed by atoms with Crippen LogP contribution in [0, 0.1) is 24.1 Å². The monoisotopic (exact) mass is 260 g/mol. The highest BCUT2D eigenvalue weighted by Gasteiger charge is 2.04. The van der Waals surface area contributed by atoms with Gasteiger partial charge in [-0.3, -0.25) is 0 Å². The minimum absolute atomic E-state index is 0.354. The Bertz CT molecular complexity index is 632. The number of nitrogens with zero attached hydrogens (tertiary/aromatic N) is 1. The van der Waals surface area contributed by atoms with Crippen molar-refractivity contribution in [2.45, 2.75) is 6.92 Å². The van der Waals surface area contributed by atoms with Crippen molar-refractivity contribution >= 4 is 23.0 Å². The Hall–Kier alpha value is -2.05. The number of benzene rings is 2. The molecule has 0 aromatic heterocycles. The van der Waals surface area contributed by atoms with Gasteiger partial charge in [0.15, 0.2) is 0 Å². The van der Waals surface area contributed by atoms with Crippen LogP contribution in [0.2, 0.25) is 5.02 Å². The average Bonchev–Trinajstić information content (AvgIpc) is 2.34. The zero-order valence-electron chi connectivity index (χ0n) is 9.67. The van der Waals surface area contributed by atoms with Crippen molar-refractivity contribution < 1.29 is 4.39 Å². The highest BCUT2D eigenvalue weighted by molar-refractivity contribution is 6.33. The normalized spacial score (nSPS) is 9.89. The second-order valence-corrected chi connectivity index (χ2v) is 4.30. The molecule has 1 N–H and O–H groups in total. The Morgan fingerprint density at radius 1 is 1.22 bits per heavy atom. The molecule has 0 amide bonds. The minimum atomic E-state index is -0.354.